The first-order valence-corrected chi connectivity index (χ1v) is 8.33. The van der Waals surface area contributed by atoms with Gasteiger partial charge < -0.3 is 20.3 Å². The normalized spacial score (nSPS) is 11.9. The number of carbonyl (C=O) groups is 1. The lowest BCUT2D eigenvalue weighted by molar-refractivity contribution is 0.243. The fourth-order valence-corrected chi connectivity index (χ4v) is 2.74. The predicted octanol–water partition coefficient (Wildman–Crippen LogP) is 3.74. The van der Waals surface area contributed by atoms with Gasteiger partial charge in [-0.1, -0.05) is 29.8 Å². The molecule has 0 heterocycles. The van der Waals surface area contributed by atoms with Gasteiger partial charge in [0.2, 0.25) is 0 Å². The van der Waals surface area contributed by atoms with Gasteiger partial charge in [-0.2, -0.15) is 0 Å². The molecule has 5 heteroatoms. The molecular formula is C20H27N3O2. The molecule has 2 rings (SSSR count). The molecule has 1 atom stereocenters. The first kappa shape index (κ1) is 18.8. The first-order valence-electron chi connectivity index (χ1n) is 8.33. The summed E-state index contributed by atoms with van der Waals surface area (Å²) in [5.74, 6) is 0.774. The van der Waals surface area contributed by atoms with Crippen LogP contribution in [-0.2, 0) is 0 Å². The van der Waals surface area contributed by atoms with E-state index >= 15 is 0 Å². The highest BCUT2D eigenvalue weighted by Crippen LogP contribution is 2.21. The third kappa shape index (κ3) is 5.22. The maximum atomic E-state index is 12.3. The van der Waals surface area contributed by atoms with Gasteiger partial charge in [0.25, 0.3) is 0 Å². The molecular weight excluding hydrogens is 314 g/mol. The monoisotopic (exact) mass is 341 g/mol. The summed E-state index contributed by atoms with van der Waals surface area (Å²) in [6.45, 7) is 4.54. The Bertz CT molecular complexity index is 729. The largest absolute Gasteiger partial charge is 0.497 e. The summed E-state index contributed by atoms with van der Waals surface area (Å²) >= 11 is 0. The van der Waals surface area contributed by atoms with E-state index in [0.29, 0.717) is 6.54 Å². The topological polar surface area (TPSA) is 53.6 Å². The Labute approximate surface area is 150 Å². The van der Waals surface area contributed by atoms with Gasteiger partial charge >= 0.3 is 6.03 Å². The van der Waals surface area contributed by atoms with Crippen molar-refractivity contribution in [2.45, 2.75) is 19.9 Å². The Balaban J connectivity index is 1.99. The van der Waals surface area contributed by atoms with Crippen molar-refractivity contribution in [3.63, 3.8) is 0 Å². The minimum Gasteiger partial charge on any atom is -0.497 e. The number of urea groups is 1. The number of amides is 2. The summed E-state index contributed by atoms with van der Waals surface area (Å²) in [5, 5.41) is 5.86. The van der Waals surface area contributed by atoms with Crippen LogP contribution in [0.2, 0.25) is 0 Å². The van der Waals surface area contributed by atoms with Crippen LogP contribution in [-0.4, -0.2) is 38.7 Å². The van der Waals surface area contributed by atoms with Gasteiger partial charge in [0.1, 0.15) is 5.75 Å². The molecule has 2 N–H and O–H groups in total. The van der Waals surface area contributed by atoms with Gasteiger partial charge in [-0.05, 0) is 57.3 Å². The van der Waals surface area contributed by atoms with Crippen molar-refractivity contribution in [2.75, 3.05) is 33.1 Å². The summed E-state index contributed by atoms with van der Waals surface area (Å²) in [7, 11) is 5.65. The summed E-state index contributed by atoms with van der Waals surface area (Å²) in [6, 6.07) is 13.8. The lowest BCUT2D eigenvalue weighted by Gasteiger charge is -2.25. The fourth-order valence-electron chi connectivity index (χ4n) is 2.74. The van der Waals surface area contributed by atoms with Crippen LogP contribution < -0.4 is 15.4 Å². The van der Waals surface area contributed by atoms with Gasteiger partial charge in [0, 0.05) is 12.2 Å². The number of likely N-dealkylation sites (N-methyl/N-ethyl adjacent to an activating group) is 1. The van der Waals surface area contributed by atoms with Crippen LogP contribution in [0.15, 0.2) is 42.5 Å². The quantitative estimate of drug-likeness (QED) is 0.842. The van der Waals surface area contributed by atoms with E-state index in [1.165, 1.54) is 11.1 Å². The van der Waals surface area contributed by atoms with Gasteiger partial charge in [-0.15, -0.1) is 0 Å². The summed E-state index contributed by atoms with van der Waals surface area (Å²) in [5.41, 5.74) is 4.13. The minimum atomic E-state index is -0.215. The fraction of sp³-hybridized carbons (Fsp3) is 0.350. The average molecular weight is 341 g/mol. The average Bonchev–Trinajstić information content (AvgIpc) is 2.56. The first-order chi connectivity index (χ1) is 11.9. The number of hydrogen-bond donors (Lipinski definition) is 2. The number of ether oxygens (including phenoxy) is 1. The third-order valence-electron chi connectivity index (χ3n) is 4.19. The lowest BCUT2D eigenvalue weighted by Crippen LogP contribution is -2.37. The Hall–Kier alpha value is -2.53. The molecule has 0 bridgehead atoms. The number of aryl methyl sites for hydroxylation is 2. The SMILES string of the molecule is COc1ccc(NC(=O)NC[C@@H](c2cccc(C)c2)N(C)C)c(C)c1. The molecule has 0 radical (unpaired) electrons. The number of nitrogens with one attached hydrogen (secondary N) is 2. The van der Waals surface area contributed by atoms with Crippen molar-refractivity contribution in [1.29, 1.82) is 0 Å². The van der Waals surface area contributed by atoms with E-state index < -0.39 is 0 Å². The molecule has 0 unspecified atom stereocenters. The number of carbonyl (C=O) groups excluding carboxylic acids is 1. The Morgan fingerprint density at radius 2 is 1.92 bits per heavy atom. The highest BCUT2D eigenvalue weighted by atomic mass is 16.5. The Morgan fingerprint density at radius 3 is 2.52 bits per heavy atom. The standard InChI is InChI=1S/C20H27N3O2/c1-14-7-6-8-16(11-14)19(23(3)4)13-21-20(24)22-18-10-9-17(25-5)12-15(18)2/h6-12,19H,13H2,1-5H3,(H2,21,22,24)/t19-/m0/s1. The highest BCUT2D eigenvalue weighted by molar-refractivity contribution is 5.90. The molecule has 0 aliphatic carbocycles. The summed E-state index contributed by atoms with van der Waals surface area (Å²) in [6.07, 6.45) is 0. The van der Waals surface area contributed by atoms with Crippen molar-refractivity contribution >= 4 is 11.7 Å². The van der Waals surface area contributed by atoms with E-state index in [1.807, 2.05) is 45.3 Å². The number of methoxy groups -OCH3 is 1. The van der Waals surface area contributed by atoms with Crippen LogP contribution in [0.25, 0.3) is 0 Å². The van der Waals surface area contributed by atoms with E-state index in [-0.39, 0.29) is 12.1 Å². The van der Waals surface area contributed by atoms with Gasteiger partial charge in [0.15, 0.2) is 0 Å². The van der Waals surface area contributed by atoms with Crippen LogP contribution in [0.1, 0.15) is 22.7 Å². The molecule has 0 fully saturated rings. The highest BCUT2D eigenvalue weighted by Gasteiger charge is 2.15. The van der Waals surface area contributed by atoms with Crippen molar-refractivity contribution in [1.82, 2.24) is 10.2 Å². The van der Waals surface area contributed by atoms with E-state index in [0.717, 1.165) is 17.0 Å². The van der Waals surface area contributed by atoms with Gasteiger partial charge in [-0.3, -0.25) is 0 Å². The predicted molar refractivity (Wildman–Crippen MR) is 102 cm³/mol. The molecule has 0 aliphatic rings. The number of hydrogen-bond acceptors (Lipinski definition) is 3. The molecule has 0 aliphatic heterocycles. The van der Waals surface area contributed by atoms with Gasteiger partial charge in [-0.25, -0.2) is 4.79 Å². The second-order valence-electron chi connectivity index (χ2n) is 6.41. The number of benzene rings is 2. The van der Waals surface area contributed by atoms with Crippen LogP contribution in [0.4, 0.5) is 10.5 Å². The maximum absolute atomic E-state index is 12.3. The smallest absolute Gasteiger partial charge is 0.319 e. The number of anilines is 1. The molecule has 134 valence electrons. The molecule has 0 saturated carbocycles. The van der Waals surface area contributed by atoms with Crippen molar-refractivity contribution in [2.24, 2.45) is 0 Å². The zero-order chi connectivity index (χ0) is 18.4. The zero-order valence-electron chi connectivity index (χ0n) is 15.6. The van der Waals surface area contributed by atoms with E-state index in [1.54, 1.807) is 7.11 Å². The van der Waals surface area contributed by atoms with Gasteiger partial charge in [0.05, 0.1) is 13.2 Å². The van der Waals surface area contributed by atoms with E-state index in [9.17, 15) is 4.79 Å². The number of nitrogens with zero attached hydrogens (tertiary/aromatic N) is 1. The van der Waals surface area contributed by atoms with Crippen molar-refractivity contribution in [3.8, 4) is 5.75 Å². The molecule has 2 amide bonds. The second kappa shape index (κ2) is 8.53. The van der Waals surface area contributed by atoms with Crippen LogP contribution in [0.5, 0.6) is 5.75 Å². The van der Waals surface area contributed by atoms with Crippen LogP contribution in [0, 0.1) is 13.8 Å². The zero-order valence-corrected chi connectivity index (χ0v) is 15.6. The molecule has 0 spiro atoms. The minimum absolute atomic E-state index is 0.114. The molecule has 5 nitrogen and oxygen atoms in total. The lowest BCUT2D eigenvalue weighted by atomic mass is 10.0. The van der Waals surface area contributed by atoms with Crippen molar-refractivity contribution in [3.05, 3.63) is 59.2 Å². The summed E-state index contributed by atoms with van der Waals surface area (Å²) < 4.78 is 5.19. The molecule has 0 aromatic heterocycles. The molecule has 2 aromatic rings. The molecule has 25 heavy (non-hydrogen) atoms. The Kier molecular flexibility index (Phi) is 6.42. The van der Waals surface area contributed by atoms with E-state index in [2.05, 4.69) is 40.7 Å². The van der Waals surface area contributed by atoms with E-state index in [4.69, 9.17) is 4.74 Å². The van der Waals surface area contributed by atoms with Crippen LogP contribution >= 0.6 is 0 Å². The second-order valence-corrected chi connectivity index (χ2v) is 6.41. The Morgan fingerprint density at radius 1 is 1.16 bits per heavy atom. The number of rotatable bonds is 6. The van der Waals surface area contributed by atoms with Crippen molar-refractivity contribution < 1.29 is 9.53 Å². The molecule has 2 aromatic carbocycles. The van der Waals surface area contributed by atoms with Crippen LogP contribution in [0.3, 0.4) is 0 Å². The molecule has 0 saturated heterocycles. The third-order valence-corrected chi connectivity index (χ3v) is 4.19. The summed E-state index contributed by atoms with van der Waals surface area (Å²) in [4.78, 5) is 14.4. The maximum Gasteiger partial charge on any atom is 0.319 e.